The maximum Gasteiger partial charge on any atom is 0.0618 e. The van der Waals surface area contributed by atoms with E-state index in [-0.39, 0.29) is 0 Å². The van der Waals surface area contributed by atoms with Crippen molar-refractivity contribution in [2.45, 2.75) is 38.8 Å². The van der Waals surface area contributed by atoms with Gasteiger partial charge in [-0.25, -0.2) is 0 Å². The van der Waals surface area contributed by atoms with Crippen molar-refractivity contribution in [1.82, 2.24) is 5.32 Å². The first-order chi connectivity index (χ1) is 5.24. The highest BCUT2D eigenvalue weighted by molar-refractivity contribution is 4.86. The molecular weight excluding hydrogens is 138 g/mol. The van der Waals surface area contributed by atoms with Crippen molar-refractivity contribution >= 4 is 0 Å². The smallest absolute Gasteiger partial charge is 0.0618 e. The van der Waals surface area contributed by atoms with Gasteiger partial charge in [0, 0.05) is 19.2 Å². The van der Waals surface area contributed by atoms with Gasteiger partial charge in [0.2, 0.25) is 0 Å². The third-order valence-electron chi connectivity index (χ3n) is 2.08. The summed E-state index contributed by atoms with van der Waals surface area (Å²) in [7, 11) is 1.78. The maximum atomic E-state index is 5.14. The Labute approximate surface area is 69.3 Å². The van der Waals surface area contributed by atoms with Crippen molar-refractivity contribution in [3.05, 3.63) is 0 Å². The second-order valence-electron chi connectivity index (χ2n) is 3.72. The lowest BCUT2D eigenvalue weighted by atomic mass is 10.2. The molecule has 1 rings (SSSR count). The van der Waals surface area contributed by atoms with Gasteiger partial charge in [-0.3, -0.25) is 0 Å². The lowest BCUT2D eigenvalue weighted by Crippen LogP contribution is -2.39. The predicted octanol–water partition coefficient (Wildman–Crippen LogP) is 1.41. The minimum absolute atomic E-state index is 0.579. The van der Waals surface area contributed by atoms with Crippen LogP contribution in [0.25, 0.3) is 0 Å². The summed E-state index contributed by atoms with van der Waals surface area (Å²) in [5.41, 5.74) is 0. The van der Waals surface area contributed by atoms with Gasteiger partial charge in [0.05, 0.1) is 6.61 Å². The molecule has 0 aromatic heterocycles. The minimum Gasteiger partial charge on any atom is -0.383 e. The average Bonchev–Trinajstić information content (AvgIpc) is 2.66. The van der Waals surface area contributed by atoms with Crippen molar-refractivity contribution in [2.75, 3.05) is 13.7 Å². The Balaban J connectivity index is 2.20. The monoisotopic (exact) mass is 157 g/mol. The topological polar surface area (TPSA) is 21.3 Å². The highest BCUT2D eigenvalue weighted by Gasteiger charge is 2.30. The summed E-state index contributed by atoms with van der Waals surface area (Å²) >= 11 is 0. The molecule has 1 N–H and O–H groups in total. The van der Waals surface area contributed by atoms with Gasteiger partial charge < -0.3 is 10.1 Å². The highest BCUT2D eigenvalue weighted by Crippen LogP contribution is 2.32. The van der Waals surface area contributed by atoms with Crippen molar-refractivity contribution < 1.29 is 4.74 Å². The third-order valence-corrected chi connectivity index (χ3v) is 2.08. The molecule has 66 valence electrons. The average molecular weight is 157 g/mol. The van der Waals surface area contributed by atoms with E-state index in [1.54, 1.807) is 7.11 Å². The fourth-order valence-electron chi connectivity index (χ4n) is 1.43. The molecule has 0 amide bonds. The van der Waals surface area contributed by atoms with Crippen LogP contribution in [0.3, 0.4) is 0 Å². The Hall–Kier alpha value is -0.0800. The van der Waals surface area contributed by atoms with Gasteiger partial charge in [0.25, 0.3) is 0 Å². The van der Waals surface area contributed by atoms with Crippen LogP contribution in [-0.4, -0.2) is 25.8 Å². The quantitative estimate of drug-likeness (QED) is 0.651. The van der Waals surface area contributed by atoms with Gasteiger partial charge >= 0.3 is 0 Å². The molecule has 0 bridgehead atoms. The zero-order chi connectivity index (χ0) is 8.27. The number of nitrogens with one attached hydrogen (secondary N) is 1. The van der Waals surface area contributed by atoms with Crippen LogP contribution >= 0.6 is 0 Å². The molecule has 1 aliphatic rings. The third kappa shape index (κ3) is 3.21. The summed E-state index contributed by atoms with van der Waals surface area (Å²) < 4.78 is 5.14. The van der Waals surface area contributed by atoms with Gasteiger partial charge in [-0.1, -0.05) is 13.8 Å². The van der Waals surface area contributed by atoms with E-state index in [2.05, 4.69) is 19.2 Å². The van der Waals surface area contributed by atoms with Crippen molar-refractivity contribution in [3.8, 4) is 0 Å². The Morgan fingerprint density at radius 2 is 2.09 bits per heavy atom. The normalized spacial score (nSPS) is 20.7. The van der Waals surface area contributed by atoms with Gasteiger partial charge in [0.1, 0.15) is 0 Å². The fourth-order valence-corrected chi connectivity index (χ4v) is 1.43. The first-order valence-corrected chi connectivity index (χ1v) is 4.49. The van der Waals surface area contributed by atoms with Crippen LogP contribution in [0.5, 0.6) is 0 Å². The Bertz CT molecular complexity index is 110. The van der Waals surface area contributed by atoms with Gasteiger partial charge in [-0.05, 0) is 18.8 Å². The summed E-state index contributed by atoms with van der Waals surface area (Å²) in [4.78, 5) is 0. The van der Waals surface area contributed by atoms with Gasteiger partial charge in [-0.15, -0.1) is 0 Å². The predicted molar refractivity (Wildman–Crippen MR) is 46.7 cm³/mol. The molecular formula is C9H19NO. The first kappa shape index (κ1) is 9.01. The molecule has 0 spiro atoms. The van der Waals surface area contributed by atoms with Crippen LogP contribution < -0.4 is 5.32 Å². The molecule has 1 atom stereocenters. The Morgan fingerprint density at radius 1 is 1.45 bits per heavy atom. The molecule has 0 aromatic carbocycles. The first-order valence-electron chi connectivity index (χ1n) is 4.49. The molecule has 1 aliphatic carbocycles. The lowest BCUT2D eigenvalue weighted by molar-refractivity contribution is 0.153. The molecule has 2 heteroatoms. The molecule has 2 nitrogen and oxygen atoms in total. The highest BCUT2D eigenvalue weighted by atomic mass is 16.5. The minimum atomic E-state index is 0.579. The van der Waals surface area contributed by atoms with Crippen molar-refractivity contribution in [3.63, 3.8) is 0 Å². The van der Waals surface area contributed by atoms with E-state index in [0.717, 1.165) is 12.5 Å². The van der Waals surface area contributed by atoms with Gasteiger partial charge in [0.15, 0.2) is 0 Å². The zero-order valence-corrected chi connectivity index (χ0v) is 7.76. The van der Waals surface area contributed by atoms with E-state index < -0.39 is 0 Å². The summed E-state index contributed by atoms with van der Waals surface area (Å²) in [5, 5.41) is 3.52. The van der Waals surface area contributed by atoms with Crippen LogP contribution in [-0.2, 0) is 4.74 Å². The number of hydrogen-bond donors (Lipinski definition) is 1. The fraction of sp³-hybridized carbons (Fsp3) is 1.00. The zero-order valence-electron chi connectivity index (χ0n) is 7.76. The lowest BCUT2D eigenvalue weighted by Gasteiger charge is -2.19. The van der Waals surface area contributed by atoms with Crippen LogP contribution in [0.1, 0.15) is 26.7 Å². The van der Waals surface area contributed by atoms with Crippen LogP contribution in [0.2, 0.25) is 0 Å². The molecule has 0 saturated heterocycles. The van der Waals surface area contributed by atoms with E-state index in [9.17, 15) is 0 Å². The van der Waals surface area contributed by atoms with Crippen LogP contribution in [0, 0.1) is 5.92 Å². The molecule has 0 radical (unpaired) electrons. The van der Waals surface area contributed by atoms with E-state index in [4.69, 9.17) is 4.74 Å². The number of methoxy groups -OCH3 is 1. The van der Waals surface area contributed by atoms with E-state index >= 15 is 0 Å². The summed E-state index contributed by atoms with van der Waals surface area (Å²) in [6.07, 6.45) is 2.77. The standard InChI is InChI=1S/C9H19NO/c1-7(2)10-9(6-11-3)8-4-5-8/h7-10H,4-6H2,1-3H3/t9-/m0/s1. The SMILES string of the molecule is COC[C@H](NC(C)C)C1CC1. The molecule has 0 heterocycles. The maximum absolute atomic E-state index is 5.14. The molecule has 11 heavy (non-hydrogen) atoms. The number of ether oxygens (including phenoxy) is 1. The van der Waals surface area contributed by atoms with Crippen molar-refractivity contribution in [2.24, 2.45) is 5.92 Å². The molecule has 0 unspecified atom stereocenters. The van der Waals surface area contributed by atoms with E-state index in [1.165, 1.54) is 12.8 Å². The van der Waals surface area contributed by atoms with Crippen molar-refractivity contribution in [1.29, 1.82) is 0 Å². The van der Waals surface area contributed by atoms with Crippen LogP contribution in [0.15, 0.2) is 0 Å². The second-order valence-corrected chi connectivity index (χ2v) is 3.72. The molecule has 0 aromatic rings. The van der Waals surface area contributed by atoms with Gasteiger partial charge in [-0.2, -0.15) is 0 Å². The molecule has 0 aliphatic heterocycles. The molecule has 1 saturated carbocycles. The Kier molecular flexibility index (Phi) is 3.34. The number of hydrogen-bond acceptors (Lipinski definition) is 2. The summed E-state index contributed by atoms with van der Waals surface area (Å²) in [6.45, 7) is 5.24. The molecule has 1 fully saturated rings. The summed E-state index contributed by atoms with van der Waals surface area (Å²) in [6, 6.07) is 1.18. The number of rotatable bonds is 5. The second kappa shape index (κ2) is 4.07. The largest absolute Gasteiger partial charge is 0.383 e. The van der Waals surface area contributed by atoms with Crippen LogP contribution in [0.4, 0.5) is 0 Å². The summed E-state index contributed by atoms with van der Waals surface area (Å²) in [5.74, 6) is 0.886. The van der Waals surface area contributed by atoms with E-state index in [0.29, 0.717) is 12.1 Å². The van der Waals surface area contributed by atoms with E-state index in [1.807, 2.05) is 0 Å². The Morgan fingerprint density at radius 3 is 2.45 bits per heavy atom.